The van der Waals surface area contributed by atoms with Crippen LogP contribution in [0.25, 0.3) is 10.2 Å². The number of thiazole rings is 1. The van der Waals surface area contributed by atoms with E-state index >= 15 is 0 Å². The molecule has 4 rings (SSSR count). The lowest BCUT2D eigenvalue weighted by molar-refractivity contribution is -0.137. The Kier molecular flexibility index (Phi) is 6.83. The second kappa shape index (κ2) is 9.83. The van der Waals surface area contributed by atoms with Crippen molar-refractivity contribution in [1.29, 1.82) is 0 Å². The zero-order valence-corrected chi connectivity index (χ0v) is 19.7. The molecule has 1 atom stereocenters. The van der Waals surface area contributed by atoms with Crippen molar-refractivity contribution in [3.8, 4) is 0 Å². The molecule has 35 heavy (non-hydrogen) atoms. The highest BCUT2D eigenvalue weighted by Crippen LogP contribution is 2.29. The predicted molar refractivity (Wildman–Crippen MR) is 127 cm³/mol. The van der Waals surface area contributed by atoms with Crippen LogP contribution in [0.4, 0.5) is 13.2 Å². The van der Waals surface area contributed by atoms with Gasteiger partial charge in [-0.1, -0.05) is 29.5 Å². The number of benzene rings is 2. The van der Waals surface area contributed by atoms with Crippen LogP contribution < -0.4 is 10.1 Å². The molecule has 6 nitrogen and oxygen atoms in total. The number of nitrogens with zero attached hydrogens (tertiary/aromatic N) is 3. The molecule has 4 aromatic rings. The fraction of sp³-hybridized carbons (Fsp3) is 0.200. The van der Waals surface area contributed by atoms with Crippen molar-refractivity contribution >= 4 is 33.4 Å². The fourth-order valence-corrected chi connectivity index (χ4v) is 4.72. The maximum absolute atomic E-state index is 13.1. The molecule has 0 spiro atoms. The highest BCUT2D eigenvalue weighted by Gasteiger charge is 2.31. The predicted octanol–water partition coefficient (Wildman–Crippen LogP) is 5.04. The molecule has 0 fully saturated rings. The molecule has 2 aromatic carbocycles. The number of rotatable bonds is 5. The smallest absolute Gasteiger partial charge is 0.349 e. The Morgan fingerprint density at radius 3 is 2.63 bits per heavy atom. The summed E-state index contributed by atoms with van der Waals surface area (Å²) in [6.07, 6.45) is -2.95. The Morgan fingerprint density at radius 1 is 1.11 bits per heavy atom. The second-order valence-electron chi connectivity index (χ2n) is 7.94. The lowest BCUT2D eigenvalue weighted by atomic mass is 10.1. The number of nitrogens with one attached hydrogen (secondary N) is 1. The van der Waals surface area contributed by atoms with Crippen LogP contribution in [0.2, 0.25) is 0 Å². The lowest BCUT2D eigenvalue weighted by Crippen LogP contribution is -2.34. The van der Waals surface area contributed by atoms with Crippen LogP contribution in [0.1, 0.15) is 40.1 Å². The molecular formula is C25H21F3N4O2S. The molecular weight excluding hydrogens is 477 g/mol. The van der Waals surface area contributed by atoms with Gasteiger partial charge in [-0.25, -0.2) is 0 Å². The number of carbonyl (C=O) groups excluding carboxylic acids is 2. The Morgan fingerprint density at radius 2 is 1.91 bits per heavy atom. The normalized spacial score (nSPS) is 13.1. The van der Waals surface area contributed by atoms with Crippen LogP contribution in [-0.4, -0.2) is 21.4 Å². The molecule has 1 unspecified atom stereocenters. The summed E-state index contributed by atoms with van der Waals surface area (Å²) in [7, 11) is 0. The van der Waals surface area contributed by atoms with Crippen LogP contribution >= 0.6 is 11.3 Å². The van der Waals surface area contributed by atoms with Gasteiger partial charge in [-0.05, 0) is 61.9 Å². The van der Waals surface area contributed by atoms with Crippen LogP contribution in [0, 0.1) is 6.92 Å². The summed E-state index contributed by atoms with van der Waals surface area (Å²) in [6.45, 7) is 3.81. The van der Waals surface area contributed by atoms with Gasteiger partial charge in [-0.2, -0.15) is 18.2 Å². The summed E-state index contributed by atoms with van der Waals surface area (Å²) in [5.74, 6) is -1.14. The van der Waals surface area contributed by atoms with Gasteiger partial charge in [0.2, 0.25) is 5.91 Å². The van der Waals surface area contributed by atoms with E-state index in [0.29, 0.717) is 11.2 Å². The van der Waals surface area contributed by atoms with Gasteiger partial charge in [0.05, 0.1) is 28.0 Å². The minimum absolute atomic E-state index is 0.188. The van der Waals surface area contributed by atoms with E-state index in [4.69, 9.17) is 0 Å². The number of amides is 2. The van der Waals surface area contributed by atoms with Crippen LogP contribution in [0.3, 0.4) is 0 Å². The number of alkyl halides is 3. The first-order chi connectivity index (χ1) is 16.6. The molecule has 1 N–H and O–H groups in total. The first kappa shape index (κ1) is 24.3. The van der Waals surface area contributed by atoms with Crippen molar-refractivity contribution in [2.75, 3.05) is 0 Å². The topological polar surface area (TPSA) is 76.3 Å². The molecule has 0 bridgehead atoms. The van der Waals surface area contributed by atoms with Gasteiger partial charge in [0.25, 0.3) is 5.91 Å². The maximum Gasteiger partial charge on any atom is 0.416 e. The molecule has 0 saturated heterocycles. The zero-order valence-electron chi connectivity index (χ0n) is 18.8. The summed E-state index contributed by atoms with van der Waals surface area (Å²) in [5, 5.41) is 2.83. The van der Waals surface area contributed by atoms with Crippen molar-refractivity contribution in [2.45, 2.75) is 32.6 Å². The largest absolute Gasteiger partial charge is 0.416 e. The fourth-order valence-electron chi connectivity index (χ4n) is 3.53. The van der Waals surface area contributed by atoms with Crippen molar-refractivity contribution in [3.05, 3.63) is 94.0 Å². The number of fused-ring (bicyclic) bond motifs is 1. The highest BCUT2D eigenvalue weighted by molar-refractivity contribution is 7.16. The molecule has 0 radical (unpaired) electrons. The van der Waals surface area contributed by atoms with E-state index in [9.17, 15) is 22.8 Å². The van der Waals surface area contributed by atoms with Gasteiger partial charge in [0.15, 0.2) is 4.80 Å². The van der Waals surface area contributed by atoms with Gasteiger partial charge in [0.1, 0.15) is 6.04 Å². The minimum Gasteiger partial charge on any atom is -0.349 e. The van der Waals surface area contributed by atoms with Gasteiger partial charge >= 0.3 is 6.18 Å². The molecule has 0 saturated carbocycles. The van der Waals surface area contributed by atoms with Crippen LogP contribution in [-0.2, 0) is 17.5 Å². The summed E-state index contributed by atoms with van der Waals surface area (Å²) in [6, 6.07) is 14.4. The van der Waals surface area contributed by atoms with E-state index in [0.717, 1.165) is 22.4 Å². The maximum atomic E-state index is 13.1. The van der Waals surface area contributed by atoms with Crippen molar-refractivity contribution in [1.82, 2.24) is 14.9 Å². The first-order valence-corrected chi connectivity index (χ1v) is 11.5. The van der Waals surface area contributed by atoms with Gasteiger partial charge in [-0.3, -0.25) is 14.6 Å². The number of aromatic nitrogens is 2. The van der Waals surface area contributed by atoms with Crippen molar-refractivity contribution < 1.29 is 22.8 Å². The van der Waals surface area contributed by atoms with E-state index in [1.165, 1.54) is 23.5 Å². The van der Waals surface area contributed by atoms with Gasteiger partial charge in [-0.15, -0.1) is 0 Å². The van der Waals surface area contributed by atoms with Crippen molar-refractivity contribution in [2.24, 2.45) is 4.99 Å². The second-order valence-corrected chi connectivity index (χ2v) is 8.95. The first-order valence-electron chi connectivity index (χ1n) is 10.7. The summed E-state index contributed by atoms with van der Waals surface area (Å²) in [4.78, 5) is 34.3. The molecule has 0 aliphatic rings. The molecule has 2 aromatic heterocycles. The Hall–Kier alpha value is -3.79. The molecule has 0 aliphatic heterocycles. The van der Waals surface area contributed by atoms with E-state index in [2.05, 4.69) is 15.3 Å². The Balaban J connectivity index is 1.72. The summed E-state index contributed by atoms with van der Waals surface area (Å²) >= 11 is 1.19. The van der Waals surface area contributed by atoms with Crippen molar-refractivity contribution in [3.63, 3.8) is 0 Å². The molecule has 10 heteroatoms. The van der Waals surface area contributed by atoms with E-state index in [1.807, 2.05) is 31.2 Å². The standard InChI is InChI=1S/C25H21F3N4O2S/c1-15-9-10-20-21(12-15)35-24(31-23(34)17-6-5-7-18(13-17)25(26,27)28)32(20)16(2)22(33)30-14-19-8-3-4-11-29-19/h3-13,16H,14H2,1-2H3,(H,30,33). The minimum atomic E-state index is -4.58. The quantitative estimate of drug-likeness (QED) is 0.419. The Bertz CT molecular complexity index is 1460. The van der Waals surface area contributed by atoms with E-state index < -0.39 is 23.7 Å². The zero-order chi connectivity index (χ0) is 25.2. The number of carbonyl (C=O) groups is 2. The molecule has 180 valence electrons. The third-order valence-corrected chi connectivity index (χ3v) is 6.37. The monoisotopic (exact) mass is 498 g/mol. The third-order valence-electron chi connectivity index (χ3n) is 5.35. The average Bonchev–Trinajstić information content (AvgIpc) is 3.18. The average molecular weight is 499 g/mol. The number of halogens is 3. The summed E-state index contributed by atoms with van der Waals surface area (Å²) in [5.41, 5.74) is 1.24. The molecule has 2 amide bonds. The van der Waals surface area contributed by atoms with Crippen LogP contribution in [0.5, 0.6) is 0 Å². The highest BCUT2D eigenvalue weighted by atomic mass is 32.1. The van der Waals surface area contributed by atoms with Gasteiger partial charge in [0, 0.05) is 11.8 Å². The van der Waals surface area contributed by atoms with E-state index in [1.54, 1.807) is 29.8 Å². The lowest BCUT2D eigenvalue weighted by Gasteiger charge is -2.15. The molecule has 0 aliphatic carbocycles. The number of pyridine rings is 1. The third kappa shape index (κ3) is 5.48. The van der Waals surface area contributed by atoms with E-state index in [-0.39, 0.29) is 22.8 Å². The number of hydrogen-bond acceptors (Lipinski definition) is 4. The summed E-state index contributed by atoms with van der Waals surface area (Å²) < 4.78 is 41.7. The Labute approximate surface area is 202 Å². The number of aryl methyl sites for hydroxylation is 1. The van der Waals surface area contributed by atoms with Crippen LogP contribution in [0.15, 0.2) is 71.9 Å². The SMILES string of the molecule is Cc1ccc2c(c1)sc(=NC(=O)c1cccc(C(F)(F)F)c1)n2C(C)C(=O)NCc1ccccn1. The molecule has 2 heterocycles. The number of hydrogen-bond donors (Lipinski definition) is 1. The van der Waals surface area contributed by atoms with Gasteiger partial charge < -0.3 is 9.88 Å².